The predicted octanol–water partition coefficient (Wildman–Crippen LogP) is 23.4. The number of phosphoric ester groups is 2. The van der Waals surface area contributed by atoms with Crippen LogP contribution in [0.15, 0.2) is 231 Å². The topological polar surface area (TPSA) is 237 Å². The number of allylic oxidation sites excluding steroid dienone is 38. The molecule has 0 aromatic rings. The third-order valence-corrected chi connectivity index (χ3v) is 17.0. The first kappa shape index (κ1) is 101. The summed E-state index contributed by atoms with van der Waals surface area (Å²) in [5.41, 5.74) is 0. The highest BCUT2D eigenvalue weighted by atomic mass is 31.2. The molecule has 0 bridgehead atoms. The monoisotopic (exact) mass is 1540 g/mol. The molecule has 0 spiro atoms. The van der Waals surface area contributed by atoms with Crippen LogP contribution in [0.25, 0.3) is 0 Å². The van der Waals surface area contributed by atoms with E-state index in [1.165, 1.54) is 0 Å². The van der Waals surface area contributed by atoms with Crippen molar-refractivity contribution in [2.24, 2.45) is 0 Å². The van der Waals surface area contributed by atoms with Gasteiger partial charge in [0, 0.05) is 25.7 Å². The minimum Gasteiger partial charge on any atom is -0.462 e. The zero-order valence-electron chi connectivity index (χ0n) is 65.9. The maximum absolute atomic E-state index is 13.1. The minimum atomic E-state index is -5.03. The summed E-state index contributed by atoms with van der Waals surface area (Å²) >= 11 is 0. The molecule has 0 heterocycles. The maximum atomic E-state index is 13.1. The quantitative estimate of drug-likeness (QED) is 0.0169. The van der Waals surface area contributed by atoms with Gasteiger partial charge in [0.25, 0.3) is 0 Å². The van der Waals surface area contributed by atoms with Crippen molar-refractivity contribution in [3.63, 3.8) is 0 Å². The number of ether oxygens (including phenoxy) is 4. The lowest BCUT2D eigenvalue weighted by molar-refractivity contribution is -0.161. The van der Waals surface area contributed by atoms with E-state index in [1.807, 2.05) is 24.3 Å². The van der Waals surface area contributed by atoms with Crippen molar-refractivity contribution >= 4 is 39.5 Å². The number of rotatable bonds is 71. The third-order valence-electron chi connectivity index (χ3n) is 15.1. The number of esters is 4. The second-order valence-corrected chi connectivity index (χ2v) is 28.0. The SMILES string of the molecule is CC/C=C\C/C=C\C/C=C\C/C=C\C/C=C\C/C=C\CCC(=O)OCC(COP(=O)(O)OCC(O)COP(=O)(O)OCC(COC(=O)CCCC/C=C\C/C=C\C/C=C\C/C=C\CC)OC(=O)CCCC/C=C\C/C=C\C/C=C\C/C=C\CC)OC(=O)CCCCC/C=C\C/C=C\C/C=C\C/C=C\C/C=C\CC. The van der Waals surface area contributed by atoms with Crippen molar-refractivity contribution in [3.8, 4) is 0 Å². The number of phosphoric acid groups is 2. The molecule has 0 aliphatic heterocycles. The van der Waals surface area contributed by atoms with Gasteiger partial charge in [-0.1, -0.05) is 265 Å². The Labute approximate surface area is 651 Å². The van der Waals surface area contributed by atoms with Crippen molar-refractivity contribution in [1.82, 2.24) is 0 Å². The van der Waals surface area contributed by atoms with Gasteiger partial charge in [-0.25, -0.2) is 9.13 Å². The van der Waals surface area contributed by atoms with Gasteiger partial charge in [-0.3, -0.25) is 37.3 Å². The summed E-state index contributed by atoms with van der Waals surface area (Å²) in [6.45, 7) is 4.14. The van der Waals surface area contributed by atoms with Crippen LogP contribution >= 0.6 is 15.6 Å². The van der Waals surface area contributed by atoms with E-state index in [0.717, 1.165) is 154 Å². The Morgan fingerprint density at radius 3 is 0.750 bits per heavy atom. The first-order chi connectivity index (χ1) is 52.7. The second-order valence-electron chi connectivity index (χ2n) is 25.1. The maximum Gasteiger partial charge on any atom is 0.472 e. The highest BCUT2D eigenvalue weighted by Gasteiger charge is 2.30. The van der Waals surface area contributed by atoms with E-state index in [-0.39, 0.29) is 25.7 Å². The minimum absolute atomic E-state index is 0.0159. The van der Waals surface area contributed by atoms with E-state index >= 15 is 0 Å². The van der Waals surface area contributed by atoms with E-state index in [4.69, 9.17) is 37.0 Å². The van der Waals surface area contributed by atoms with Gasteiger partial charge in [-0.05, 0) is 186 Å². The van der Waals surface area contributed by atoms with E-state index in [9.17, 15) is 43.2 Å². The number of hydrogen-bond acceptors (Lipinski definition) is 15. The average molecular weight is 1540 g/mol. The van der Waals surface area contributed by atoms with Gasteiger partial charge in [0.15, 0.2) is 12.2 Å². The Hall–Kier alpha value is -6.88. The Morgan fingerprint density at radius 1 is 0.259 bits per heavy atom. The molecule has 17 nitrogen and oxygen atoms in total. The summed E-state index contributed by atoms with van der Waals surface area (Å²) < 4.78 is 68.4. The molecule has 604 valence electrons. The summed E-state index contributed by atoms with van der Waals surface area (Å²) in [7, 11) is -10.0. The van der Waals surface area contributed by atoms with E-state index in [0.29, 0.717) is 38.5 Å². The number of hydrogen-bond donors (Lipinski definition) is 3. The molecule has 0 aliphatic carbocycles. The van der Waals surface area contributed by atoms with Crippen LogP contribution in [0.3, 0.4) is 0 Å². The van der Waals surface area contributed by atoms with Gasteiger partial charge in [0.1, 0.15) is 19.3 Å². The van der Waals surface area contributed by atoms with Gasteiger partial charge >= 0.3 is 39.5 Å². The number of unbranched alkanes of at least 4 members (excludes halogenated alkanes) is 7. The summed E-state index contributed by atoms with van der Waals surface area (Å²) in [6.07, 6.45) is 101. The molecule has 0 aromatic heterocycles. The van der Waals surface area contributed by atoms with Gasteiger partial charge in [0.2, 0.25) is 0 Å². The van der Waals surface area contributed by atoms with Gasteiger partial charge < -0.3 is 33.8 Å². The largest absolute Gasteiger partial charge is 0.472 e. The molecule has 5 atom stereocenters. The molecule has 0 saturated heterocycles. The van der Waals surface area contributed by atoms with E-state index in [2.05, 4.69) is 234 Å². The fourth-order valence-electron chi connectivity index (χ4n) is 9.25. The molecule has 0 radical (unpaired) electrons. The second kappa shape index (κ2) is 78.2. The van der Waals surface area contributed by atoms with Crippen LogP contribution in [0.5, 0.6) is 0 Å². The lowest BCUT2D eigenvalue weighted by atomic mass is 10.1. The highest BCUT2D eigenvalue weighted by Crippen LogP contribution is 2.45. The van der Waals surface area contributed by atoms with Crippen molar-refractivity contribution in [1.29, 1.82) is 0 Å². The Morgan fingerprint density at radius 2 is 0.472 bits per heavy atom. The van der Waals surface area contributed by atoms with Crippen LogP contribution in [-0.4, -0.2) is 96.7 Å². The van der Waals surface area contributed by atoms with Crippen LogP contribution in [0.1, 0.15) is 246 Å². The van der Waals surface area contributed by atoms with Crippen LogP contribution in [0.2, 0.25) is 0 Å². The Bertz CT molecular complexity index is 2960. The van der Waals surface area contributed by atoms with Crippen molar-refractivity contribution in [3.05, 3.63) is 231 Å². The summed E-state index contributed by atoms with van der Waals surface area (Å²) in [6, 6.07) is 0. The molecule has 0 saturated carbocycles. The molecule has 0 aliphatic rings. The average Bonchev–Trinajstić information content (AvgIpc) is 0.896. The van der Waals surface area contributed by atoms with Crippen LogP contribution in [0, 0.1) is 0 Å². The van der Waals surface area contributed by atoms with Gasteiger partial charge in [-0.2, -0.15) is 0 Å². The molecule has 3 N–H and O–H groups in total. The van der Waals surface area contributed by atoms with Gasteiger partial charge in [-0.15, -0.1) is 0 Å². The van der Waals surface area contributed by atoms with E-state index < -0.39 is 97.5 Å². The number of aliphatic hydroxyl groups excluding tert-OH is 1. The summed E-state index contributed by atoms with van der Waals surface area (Å²) in [5.74, 6) is -2.44. The zero-order valence-corrected chi connectivity index (χ0v) is 67.7. The zero-order chi connectivity index (χ0) is 78.9. The normalized spacial score (nSPS) is 15.1. The lowest BCUT2D eigenvalue weighted by Crippen LogP contribution is -2.30. The van der Waals surface area contributed by atoms with Crippen LogP contribution < -0.4 is 0 Å². The summed E-state index contributed by atoms with van der Waals surface area (Å²) in [5, 5.41) is 10.6. The molecule has 108 heavy (non-hydrogen) atoms. The molecular weight excluding hydrogens is 1400 g/mol. The molecule has 0 rings (SSSR count). The molecule has 0 aromatic carbocycles. The van der Waals surface area contributed by atoms with Crippen molar-refractivity contribution in [2.45, 2.75) is 264 Å². The predicted molar refractivity (Wildman–Crippen MR) is 444 cm³/mol. The Balaban J connectivity index is 5.58. The van der Waals surface area contributed by atoms with Crippen LogP contribution in [-0.2, 0) is 65.4 Å². The standard InChI is InChI=1S/C89H136O17P2/c1-5-9-13-17-21-25-29-33-37-39-41-43-47-50-54-58-62-66-70-74-87(92)100-80-85(106-89(94)76-72-68-64-60-56-52-48-44-42-40-38-34-30-26-22-18-14-10-6-2)82-104-108(97,98)102-78-83(90)77-101-107(95,96)103-81-84(105-88(93)75-71-67-63-59-55-51-46-36-32-28-24-20-16-12-8-4)79-99-86(91)73-69-65-61-57-53-49-45-35-31-27-23-19-15-11-7-3/h9-16,21-28,33-38,41-46,50,52-57,59,62,66,83-85,90H,5-8,17-20,29-32,39-40,47-49,51,58,60-61,63-65,67-82H2,1-4H3,(H,95,96)(H,97,98)/b13-9-,14-10-,15-11-,16-12-,25-21-,26-22-,27-23-,28-24-,37-33-,38-34-,43-41-,44-42-,45-35-,46-36-,54-50-,56-52-,57-53-,59-55-,66-62-. The summed E-state index contributed by atoms with van der Waals surface area (Å²) in [4.78, 5) is 73.0. The molecular formula is C89H136O17P2. The molecule has 0 fully saturated rings. The Kier molecular flexibility index (Phi) is 73.3. The molecule has 0 amide bonds. The fourth-order valence-corrected chi connectivity index (χ4v) is 10.8. The lowest BCUT2D eigenvalue weighted by Gasteiger charge is -2.21. The molecule has 19 heteroatoms. The van der Waals surface area contributed by atoms with E-state index in [1.54, 1.807) is 0 Å². The molecule has 5 unspecified atom stereocenters. The van der Waals surface area contributed by atoms with Crippen molar-refractivity contribution < 1.29 is 80.2 Å². The van der Waals surface area contributed by atoms with Gasteiger partial charge in [0.05, 0.1) is 26.4 Å². The number of carbonyl (C=O) groups excluding carboxylic acids is 4. The number of carbonyl (C=O) groups is 4. The first-order valence-electron chi connectivity index (χ1n) is 39.6. The van der Waals surface area contributed by atoms with Crippen molar-refractivity contribution in [2.75, 3.05) is 39.6 Å². The van der Waals surface area contributed by atoms with Crippen LogP contribution in [0.4, 0.5) is 0 Å². The smallest absolute Gasteiger partial charge is 0.462 e. The third kappa shape index (κ3) is 77.3. The first-order valence-corrected chi connectivity index (χ1v) is 42.6. The fraction of sp³-hybridized carbons (Fsp3) is 0.528. The highest BCUT2D eigenvalue weighted by molar-refractivity contribution is 7.47. The number of aliphatic hydroxyl groups is 1.